The average Bonchev–Trinajstić information content (AvgIpc) is 2.94. The summed E-state index contributed by atoms with van der Waals surface area (Å²) in [4.78, 5) is 41.7. The Morgan fingerprint density at radius 3 is 2.52 bits per heavy atom. The molecule has 0 saturated carbocycles. The van der Waals surface area contributed by atoms with E-state index in [4.69, 9.17) is 0 Å². The monoisotopic (exact) mass is 369 g/mol. The highest BCUT2D eigenvalue weighted by Crippen LogP contribution is 2.38. The van der Waals surface area contributed by atoms with Gasteiger partial charge in [0.2, 0.25) is 5.91 Å². The minimum absolute atomic E-state index is 0.126. The molecule has 4 rings (SSSR count). The number of aryl methyl sites for hydroxylation is 1. The van der Waals surface area contributed by atoms with Crippen molar-refractivity contribution in [2.45, 2.75) is 56.9 Å². The molecule has 1 spiro atoms. The van der Waals surface area contributed by atoms with E-state index < -0.39 is 11.6 Å². The Hall–Kier alpha value is -2.37. The summed E-state index contributed by atoms with van der Waals surface area (Å²) >= 11 is 0. The van der Waals surface area contributed by atoms with E-state index in [-0.39, 0.29) is 18.4 Å². The van der Waals surface area contributed by atoms with Crippen molar-refractivity contribution in [1.82, 2.24) is 15.1 Å². The number of benzene rings is 1. The summed E-state index contributed by atoms with van der Waals surface area (Å²) in [5.41, 5.74) is 0.999. The number of urea groups is 1. The van der Waals surface area contributed by atoms with Crippen LogP contribution >= 0.6 is 0 Å². The van der Waals surface area contributed by atoms with E-state index in [1.165, 1.54) is 0 Å². The molecule has 1 aliphatic carbocycles. The Morgan fingerprint density at radius 2 is 1.74 bits per heavy atom. The lowest BCUT2D eigenvalue weighted by molar-refractivity contribution is -0.139. The Morgan fingerprint density at radius 1 is 1.00 bits per heavy atom. The van der Waals surface area contributed by atoms with Crippen LogP contribution in [0.25, 0.3) is 0 Å². The van der Waals surface area contributed by atoms with Gasteiger partial charge in [-0.25, -0.2) is 4.79 Å². The normalized spacial score (nSPS) is 25.8. The van der Waals surface area contributed by atoms with Crippen molar-refractivity contribution in [3.05, 3.63) is 35.4 Å². The first-order chi connectivity index (χ1) is 13.1. The third kappa shape index (κ3) is 3.22. The zero-order chi connectivity index (χ0) is 18.9. The highest BCUT2D eigenvalue weighted by molar-refractivity contribution is 6.09. The number of likely N-dealkylation sites (tertiary alicyclic amines) is 1. The molecule has 27 heavy (non-hydrogen) atoms. The summed E-state index contributed by atoms with van der Waals surface area (Å²) in [6.45, 7) is 1.28. The number of fused-ring (bicyclic) bond motifs is 2. The molecule has 4 amide bonds. The van der Waals surface area contributed by atoms with Gasteiger partial charge in [-0.05, 0) is 49.7 Å². The number of rotatable bonds is 2. The molecule has 0 aromatic heterocycles. The van der Waals surface area contributed by atoms with Gasteiger partial charge >= 0.3 is 6.03 Å². The lowest BCUT2D eigenvalue weighted by atomic mass is 9.84. The number of imide groups is 1. The largest absolute Gasteiger partial charge is 0.341 e. The molecule has 1 aromatic carbocycles. The molecule has 6 heteroatoms. The van der Waals surface area contributed by atoms with Crippen LogP contribution in [0.3, 0.4) is 0 Å². The summed E-state index contributed by atoms with van der Waals surface area (Å²) < 4.78 is 0. The van der Waals surface area contributed by atoms with Crippen molar-refractivity contribution in [2.75, 3.05) is 19.6 Å². The number of nitrogens with one attached hydrogen (secondary N) is 1. The van der Waals surface area contributed by atoms with Crippen LogP contribution in [0.4, 0.5) is 4.79 Å². The minimum atomic E-state index is -1.01. The van der Waals surface area contributed by atoms with Crippen molar-refractivity contribution < 1.29 is 14.4 Å². The van der Waals surface area contributed by atoms with Gasteiger partial charge in [-0.3, -0.25) is 14.5 Å². The van der Waals surface area contributed by atoms with E-state index in [0.717, 1.165) is 74.1 Å². The van der Waals surface area contributed by atoms with Crippen molar-refractivity contribution in [3.8, 4) is 0 Å². The predicted octanol–water partition coefficient (Wildman–Crippen LogP) is 2.56. The van der Waals surface area contributed by atoms with Crippen LogP contribution in [0.1, 0.15) is 56.1 Å². The van der Waals surface area contributed by atoms with Gasteiger partial charge in [0.05, 0.1) is 0 Å². The van der Waals surface area contributed by atoms with Crippen LogP contribution in [0, 0.1) is 0 Å². The Kier molecular flexibility index (Phi) is 4.89. The highest BCUT2D eigenvalue weighted by atomic mass is 16.2. The maximum absolute atomic E-state index is 13.4. The maximum atomic E-state index is 13.4. The van der Waals surface area contributed by atoms with Gasteiger partial charge < -0.3 is 10.2 Å². The molecule has 2 fully saturated rings. The molecule has 1 atom stereocenters. The molecular weight excluding hydrogens is 342 g/mol. The molecule has 6 nitrogen and oxygen atoms in total. The summed E-state index contributed by atoms with van der Waals surface area (Å²) in [5.74, 6) is -0.399. The van der Waals surface area contributed by atoms with Gasteiger partial charge in [-0.15, -0.1) is 0 Å². The predicted molar refractivity (Wildman–Crippen MR) is 101 cm³/mol. The number of carbonyl (C=O) groups is 3. The van der Waals surface area contributed by atoms with Gasteiger partial charge in [0, 0.05) is 13.1 Å². The molecule has 1 aromatic rings. The van der Waals surface area contributed by atoms with E-state index in [2.05, 4.69) is 5.32 Å². The number of hydrogen-bond acceptors (Lipinski definition) is 3. The first-order valence-electron chi connectivity index (χ1n) is 10.1. The van der Waals surface area contributed by atoms with Crippen molar-refractivity contribution in [3.63, 3.8) is 0 Å². The molecule has 3 aliphatic rings. The Balaban J connectivity index is 1.58. The number of hydrogen-bond donors (Lipinski definition) is 1. The van der Waals surface area contributed by atoms with Gasteiger partial charge in [0.25, 0.3) is 5.91 Å². The van der Waals surface area contributed by atoms with Crippen LogP contribution in [-0.4, -0.2) is 47.3 Å². The third-order valence-electron chi connectivity index (χ3n) is 6.15. The quantitative estimate of drug-likeness (QED) is 0.815. The fourth-order valence-electron chi connectivity index (χ4n) is 4.67. The van der Waals surface area contributed by atoms with Crippen LogP contribution in [0.5, 0.6) is 0 Å². The smallest absolute Gasteiger partial charge is 0.325 e. The van der Waals surface area contributed by atoms with Crippen LogP contribution < -0.4 is 5.32 Å². The number of carbonyl (C=O) groups excluding carboxylic acids is 3. The van der Waals surface area contributed by atoms with Gasteiger partial charge in [-0.2, -0.15) is 0 Å². The van der Waals surface area contributed by atoms with E-state index in [1.807, 2.05) is 24.3 Å². The summed E-state index contributed by atoms with van der Waals surface area (Å²) in [6, 6.07) is 7.42. The second-order valence-electron chi connectivity index (χ2n) is 7.89. The van der Waals surface area contributed by atoms with Gasteiger partial charge in [-0.1, -0.05) is 37.1 Å². The second-order valence-corrected chi connectivity index (χ2v) is 7.89. The third-order valence-corrected chi connectivity index (χ3v) is 6.15. The zero-order valence-electron chi connectivity index (χ0n) is 15.7. The molecular formula is C21H27N3O3. The van der Waals surface area contributed by atoms with Gasteiger partial charge in [0.1, 0.15) is 12.1 Å². The molecule has 2 heterocycles. The molecule has 0 bridgehead atoms. The number of nitrogens with zero attached hydrogens (tertiary/aromatic N) is 2. The lowest BCUT2D eigenvalue weighted by Gasteiger charge is -2.28. The van der Waals surface area contributed by atoms with Crippen molar-refractivity contribution in [1.29, 1.82) is 0 Å². The standard InChI is InChI=1S/C21H27N3O3/c25-18(23-13-7-1-2-8-14-23)15-24-19(26)21(22-20(24)27)12-6-5-10-16-9-3-4-11-17(16)21/h3-4,9,11H,1-2,5-8,10,12-15H2,(H,22,27). The lowest BCUT2D eigenvalue weighted by Crippen LogP contribution is -2.46. The molecule has 0 radical (unpaired) electrons. The van der Waals surface area contributed by atoms with Gasteiger partial charge in [0.15, 0.2) is 0 Å². The maximum Gasteiger partial charge on any atom is 0.325 e. The SMILES string of the molecule is O=C(CN1C(=O)NC2(CCCCc3ccccc32)C1=O)N1CCCCCC1. The Bertz CT molecular complexity index is 755. The Labute approximate surface area is 159 Å². The van der Waals surface area contributed by atoms with Crippen molar-refractivity contribution >= 4 is 17.8 Å². The fraction of sp³-hybridized carbons (Fsp3) is 0.571. The fourth-order valence-corrected chi connectivity index (χ4v) is 4.67. The molecule has 1 N–H and O–H groups in total. The first kappa shape index (κ1) is 18.0. The molecule has 144 valence electrons. The summed E-state index contributed by atoms with van der Waals surface area (Å²) in [5, 5.41) is 2.95. The van der Waals surface area contributed by atoms with E-state index in [1.54, 1.807) is 4.90 Å². The molecule has 2 saturated heterocycles. The van der Waals surface area contributed by atoms with E-state index >= 15 is 0 Å². The van der Waals surface area contributed by atoms with Crippen molar-refractivity contribution in [2.24, 2.45) is 0 Å². The first-order valence-corrected chi connectivity index (χ1v) is 10.1. The molecule has 2 aliphatic heterocycles. The van der Waals surface area contributed by atoms with E-state index in [0.29, 0.717) is 6.42 Å². The minimum Gasteiger partial charge on any atom is -0.341 e. The van der Waals surface area contributed by atoms with Crippen LogP contribution in [0.15, 0.2) is 24.3 Å². The van der Waals surface area contributed by atoms with Crippen LogP contribution in [-0.2, 0) is 21.5 Å². The zero-order valence-corrected chi connectivity index (χ0v) is 15.7. The summed E-state index contributed by atoms with van der Waals surface area (Å²) in [6.07, 6.45) is 7.60. The average molecular weight is 369 g/mol. The van der Waals surface area contributed by atoms with E-state index in [9.17, 15) is 14.4 Å². The summed E-state index contributed by atoms with van der Waals surface area (Å²) in [7, 11) is 0. The second kappa shape index (κ2) is 7.33. The topological polar surface area (TPSA) is 69.7 Å². The van der Waals surface area contributed by atoms with Crippen LogP contribution in [0.2, 0.25) is 0 Å². The highest BCUT2D eigenvalue weighted by Gasteiger charge is 2.53. The number of amides is 4. The molecule has 1 unspecified atom stereocenters.